The van der Waals surface area contributed by atoms with Crippen LogP contribution in [0.15, 0.2) is 0 Å². The van der Waals surface area contributed by atoms with E-state index in [0.29, 0.717) is 25.7 Å². The van der Waals surface area contributed by atoms with E-state index >= 15 is 0 Å². The molecule has 7 heteroatoms. The van der Waals surface area contributed by atoms with Gasteiger partial charge in [0.2, 0.25) is 0 Å². The number of hydrogen-bond donors (Lipinski definition) is 2. The fraction of sp³-hybridized carbons (Fsp3) is 0.875. The highest BCUT2D eigenvalue weighted by molar-refractivity contribution is 14.1. The number of hydrogen-bond acceptors (Lipinski definition) is 5. The molecular weight excluding hydrogens is 415 g/mol. The molecule has 6 nitrogen and oxygen atoms in total. The van der Waals surface area contributed by atoms with Gasteiger partial charge >= 0.3 is 12.1 Å². The van der Waals surface area contributed by atoms with Gasteiger partial charge in [0.25, 0.3) is 0 Å². The third kappa shape index (κ3) is 3.06. The Bertz CT molecular complexity index is 547. The van der Waals surface area contributed by atoms with E-state index in [1.165, 1.54) is 0 Å². The Balaban J connectivity index is 1.91. The van der Waals surface area contributed by atoms with E-state index < -0.39 is 34.3 Å². The number of halogens is 1. The zero-order valence-electron chi connectivity index (χ0n) is 13.6. The molecule has 0 aromatic heterocycles. The first kappa shape index (κ1) is 17.3. The maximum absolute atomic E-state index is 12.2. The predicted octanol–water partition coefficient (Wildman–Crippen LogP) is 3.03. The van der Waals surface area contributed by atoms with Gasteiger partial charge in [-0.2, -0.15) is 0 Å². The van der Waals surface area contributed by atoms with Crippen LogP contribution in [-0.4, -0.2) is 42.6 Å². The number of aliphatic carboxylic acids is 1. The number of carbonyl (C=O) groups is 2. The second-order valence-electron chi connectivity index (χ2n) is 8.77. The topological polar surface area (TPSA) is 93.1 Å². The Kier molecular flexibility index (Phi) is 3.56. The van der Waals surface area contributed by atoms with Gasteiger partial charge in [-0.3, -0.25) is 4.79 Å². The fourth-order valence-electron chi connectivity index (χ4n) is 5.15. The van der Waals surface area contributed by atoms with E-state index in [-0.39, 0.29) is 16.3 Å². The monoisotopic (exact) mass is 438 g/mol. The molecule has 0 amide bonds. The van der Waals surface area contributed by atoms with Crippen LogP contribution in [0.25, 0.3) is 0 Å². The molecule has 4 aliphatic rings. The average Bonchev–Trinajstić information content (AvgIpc) is 2.18. The van der Waals surface area contributed by atoms with Crippen molar-refractivity contribution in [3.05, 3.63) is 0 Å². The van der Waals surface area contributed by atoms with Gasteiger partial charge in [-0.25, -0.2) is 4.79 Å². The van der Waals surface area contributed by atoms with Crippen LogP contribution in [-0.2, 0) is 14.3 Å². The molecule has 4 saturated carbocycles. The van der Waals surface area contributed by atoms with Crippen molar-refractivity contribution < 1.29 is 29.3 Å². The molecule has 0 radical (unpaired) electrons. The third-order valence-corrected chi connectivity index (χ3v) is 6.21. The highest BCUT2D eigenvalue weighted by Crippen LogP contribution is 2.68. The zero-order valence-corrected chi connectivity index (χ0v) is 15.8. The number of ether oxygens (including phenoxy) is 2. The van der Waals surface area contributed by atoms with E-state index in [0.717, 1.165) is 0 Å². The number of carboxylic acid groups (broad SMARTS) is 1. The minimum atomic E-state index is -1.09. The van der Waals surface area contributed by atoms with Crippen LogP contribution < -0.4 is 0 Å². The molecule has 4 rings (SSSR count). The third-order valence-electron chi connectivity index (χ3n) is 5.06. The second kappa shape index (κ2) is 4.74. The first-order valence-corrected chi connectivity index (χ1v) is 8.93. The maximum Gasteiger partial charge on any atom is 0.509 e. The standard InChI is InChI=1S/C16H23IO6/c1-12(2,3)22-11(20)23-16-6-13(10(18)19)4-14(17,8-16)7-15(21,5-13)9-16/h21H,4-9H2,1-3H3,(H,18,19). The highest BCUT2D eigenvalue weighted by Gasteiger charge is 2.71. The SMILES string of the molecule is CC(C)(C)OC(=O)OC12CC3(O)CC(I)(C1)CC(C(=O)O)(C3)C2. The largest absolute Gasteiger partial charge is 0.509 e. The van der Waals surface area contributed by atoms with Crippen LogP contribution in [0.3, 0.4) is 0 Å². The maximum atomic E-state index is 12.2. The Hall–Kier alpha value is -0.570. The lowest BCUT2D eigenvalue weighted by atomic mass is 9.46. The summed E-state index contributed by atoms with van der Waals surface area (Å²) >= 11 is 2.25. The summed E-state index contributed by atoms with van der Waals surface area (Å²) in [5.74, 6) is -0.909. The molecular formula is C16H23IO6. The molecule has 4 aliphatic carbocycles. The van der Waals surface area contributed by atoms with E-state index in [2.05, 4.69) is 22.6 Å². The van der Waals surface area contributed by atoms with Crippen molar-refractivity contribution in [1.29, 1.82) is 0 Å². The molecule has 0 aromatic rings. The van der Waals surface area contributed by atoms with E-state index in [1.807, 2.05) is 0 Å². The lowest BCUT2D eigenvalue weighted by Crippen LogP contribution is -2.70. The Labute approximate surface area is 149 Å². The number of aliphatic hydroxyl groups is 1. The van der Waals surface area contributed by atoms with Crippen LogP contribution in [0.4, 0.5) is 4.79 Å². The van der Waals surface area contributed by atoms with Crippen molar-refractivity contribution in [2.45, 2.75) is 79.5 Å². The summed E-state index contributed by atoms with van der Waals surface area (Å²) in [5.41, 5.74) is -3.74. The van der Waals surface area contributed by atoms with E-state index in [1.54, 1.807) is 20.8 Å². The molecule has 2 N–H and O–H groups in total. The molecule has 4 fully saturated rings. The minimum Gasteiger partial charge on any atom is -0.481 e. The van der Waals surface area contributed by atoms with Gasteiger partial charge < -0.3 is 19.7 Å². The molecule has 4 atom stereocenters. The molecule has 130 valence electrons. The number of carbonyl (C=O) groups excluding carboxylic acids is 1. The van der Waals surface area contributed by atoms with Gasteiger partial charge in [0.1, 0.15) is 11.2 Å². The van der Waals surface area contributed by atoms with E-state index in [4.69, 9.17) is 9.47 Å². The second-order valence-corrected chi connectivity index (χ2v) is 11.1. The van der Waals surface area contributed by atoms with Crippen molar-refractivity contribution in [2.75, 3.05) is 0 Å². The Morgan fingerprint density at radius 1 is 1.04 bits per heavy atom. The van der Waals surface area contributed by atoms with Crippen LogP contribution in [0.1, 0.15) is 59.3 Å². The zero-order chi connectivity index (χ0) is 17.3. The minimum absolute atomic E-state index is 0.236. The van der Waals surface area contributed by atoms with Crippen LogP contribution in [0, 0.1) is 5.41 Å². The summed E-state index contributed by atoms with van der Waals surface area (Å²) in [6.45, 7) is 5.25. The van der Waals surface area contributed by atoms with Crippen LogP contribution >= 0.6 is 22.6 Å². The molecule has 4 unspecified atom stereocenters. The van der Waals surface area contributed by atoms with Crippen molar-refractivity contribution in [2.24, 2.45) is 5.41 Å². The first-order chi connectivity index (χ1) is 10.3. The first-order valence-electron chi connectivity index (χ1n) is 7.85. The van der Waals surface area contributed by atoms with Gasteiger partial charge in [0.15, 0.2) is 0 Å². The van der Waals surface area contributed by atoms with Crippen LogP contribution in [0.2, 0.25) is 0 Å². The van der Waals surface area contributed by atoms with Gasteiger partial charge in [0.05, 0.1) is 11.0 Å². The molecule has 0 saturated heterocycles. The molecule has 0 aliphatic heterocycles. The average molecular weight is 438 g/mol. The van der Waals surface area contributed by atoms with Crippen molar-refractivity contribution >= 4 is 34.7 Å². The van der Waals surface area contributed by atoms with Gasteiger partial charge in [-0.05, 0) is 40.0 Å². The summed E-state index contributed by atoms with van der Waals surface area (Å²) in [7, 11) is 0. The summed E-state index contributed by atoms with van der Waals surface area (Å²) < 4.78 is 10.5. The molecule has 23 heavy (non-hydrogen) atoms. The number of rotatable bonds is 2. The lowest BCUT2D eigenvalue weighted by Gasteiger charge is -2.65. The fourth-order valence-corrected chi connectivity index (χ4v) is 7.29. The van der Waals surface area contributed by atoms with Gasteiger partial charge in [-0.15, -0.1) is 0 Å². The molecule has 0 spiro atoms. The summed E-state index contributed by atoms with van der Waals surface area (Å²) in [4.78, 5) is 24.1. The van der Waals surface area contributed by atoms with Gasteiger partial charge in [0, 0.05) is 22.7 Å². The van der Waals surface area contributed by atoms with E-state index in [9.17, 15) is 19.8 Å². The number of alkyl halides is 1. The predicted molar refractivity (Wildman–Crippen MR) is 89.5 cm³/mol. The normalized spacial score (nSPS) is 44.9. The van der Waals surface area contributed by atoms with Crippen molar-refractivity contribution in [1.82, 2.24) is 0 Å². The highest BCUT2D eigenvalue weighted by atomic mass is 127. The Morgan fingerprint density at radius 2 is 1.70 bits per heavy atom. The molecule has 4 bridgehead atoms. The number of carboxylic acids is 1. The van der Waals surface area contributed by atoms with Crippen molar-refractivity contribution in [3.8, 4) is 0 Å². The lowest BCUT2D eigenvalue weighted by molar-refractivity contribution is -0.231. The summed E-state index contributed by atoms with van der Waals surface area (Å²) in [5, 5.41) is 20.6. The smallest absolute Gasteiger partial charge is 0.481 e. The van der Waals surface area contributed by atoms with Crippen molar-refractivity contribution in [3.63, 3.8) is 0 Å². The molecule has 0 heterocycles. The quantitative estimate of drug-likeness (QED) is 0.391. The van der Waals surface area contributed by atoms with Gasteiger partial charge in [-0.1, -0.05) is 22.6 Å². The summed E-state index contributed by atoms with van der Waals surface area (Å²) in [6, 6.07) is 0. The molecule has 0 aromatic carbocycles. The Morgan fingerprint density at radius 3 is 2.22 bits per heavy atom. The van der Waals surface area contributed by atoms with Crippen LogP contribution in [0.5, 0.6) is 0 Å². The summed E-state index contributed by atoms with van der Waals surface area (Å²) in [6.07, 6.45) is 1.62.